The number of hydrogen-bond donors (Lipinski definition) is 1. The van der Waals surface area contributed by atoms with E-state index in [0.717, 1.165) is 57.5 Å². The maximum absolute atomic E-state index is 13.3. The van der Waals surface area contributed by atoms with Gasteiger partial charge in [-0.1, -0.05) is 26.2 Å². The summed E-state index contributed by atoms with van der Waals surface area (Å²) in [6.45, 7) is 5.14. The lowest BCUT2D eigenvalue weighted by Gasteiger charge is -2.34. The van der Waals surface area contributed by atoms with E-state index in [1.54, 1.807) is 11.9 Å². The molecule has 1 amide bonds. The van der Waals surface area contributed by atoms with Crippen molar-refractivity contribution in [1.29, 1.82) is 0 Å². The number of aliphatic hydroxyl groups excluding tert-OH is 1. The predicted octanol–water partition coefficient (Wildman–Crippen LogP) is 4.83. The van der Waals surface area contributed by atoms with Gasteiger partial charge in [-0.3, -0.25) is 0 Å². The first kappa shape index (κ1) is 24.5. The number of nitrogens with zero attached hydrogens (tertiary/aromatic N) is 2. The van der Waals surface area contributed by atoms with E-state index in [0.29, 0.717) is 5.92 Å². The number of rotatable bonds is 11. The van der Waals surface area contributed by atoms with Gasteiger partial charge in [-0.2, -0.15) is 0 Å². The third kappa shape index (κ3) is 7.84. The van der Waals surface area contributed by atoms with E-state index in [2.05, 4.69) is 11.8 Å². The zero-order valence-corrected chi connectivity index (χ0v) is 18.3. The molecular weight excluding hydrogens is 390 g/mol. The van der Waals surface area contributed by atoms with E-state index in [9.17, 15) is 13.6 Å². The van der Waals surface area contributed by atoms with Crippen molar-refractivity contribution in [2.45, 2.75) is 64.3 Å². The van der Waals surface area contributed by atoms with Crippen molar-refractivity contribution in [2.75, 3.05) is 33.3 Å². The molecule has 1 fully saturated rings. The third-order valence-corrected chi connectivity index (χ3v) is 6.20. The average molecular weight is 427 g/mol. The van der Waals surface area contributed by atoms with Gasteiger partial charge in [0.05, 0.1) is 6.61 Å². The van der Waals surface area contributed by atoms with E-state index >= 15 is 0 Å². The Morgan fingerprint density at radius 2 is 1.83 bits per heavy atom. The van der Waals surface area contributed by atoms with E-state index in [1.165, 1.54) is 31.7 Å². The van der Waals surface area contributed by atoms with Crippen LogP contribution in [-0.4, -0.2) is 60.3 Å². The second kappa shape index (κ2) is 12.8. The molecule has 30 heavy (non-hydrogen) atoms. The molecule has 5 nitrogen and oxygen atoms in total. The first-order chi connectivity index (χ1) is 14.4. The molecule has 0 heterocycles. The molecule has 7 heteroatoms. The Balaban J connectivity index is 1.64. The number of amides is 1. The van der Waals surface area contributed by atoms with Crippen LogP contribution in [-0.2, 0) is 0 Å². The van der Waals surface area contributed by atoms with Crippen molar-refractivity contribution in [2.24, 2.45) is 5.92 Å². The van der Waals surface area contributed by atoms with E-state index in [1.807, 2.05) is 0 Å². The molecule has 0 atom stereocenters. The van der Waals surface area contributed by atoms with Crippen LogP contribution >= 0.6 is 0 Å². The number of hydrogen-bond acceptors (Lipinski definition) is 4. The molecule has 0 bridgehead atoms. The maximum Gasteiger partial charge on any atom is 0.415 e. The summed E-state index contributed by atoms with van der Waals surface area (Å²) in [4.78, 5) is 16.2. The minimum Gasteiger partial charge on any atom is -0.410 e. The number of halogens is 2. The Morgan fingerprint density at radius 1 is 1.10 bits per heavy atom. The van der Waals surface area contributed by atoms with Crippen LogP contribution in [0.3, 0.4) is 0 Å². The number of ether oxygens (including phenoxy) is 1. The first-order valence-electron chi connectivity index (χ1n) is 11.2. The lowest BCUT2D eigenvalue weighted by Crippen LogP contribution is -2.41. The average Bonchev–Trinajstić information content (AvgIpc) is 2.75. The summed E-state index contributed by atoms with van der Waals surface area (Å²) in [5.41, 5.74) is 0. The normalized spacial score (nSPS) is 19.1. The highest BCUT2D eigenvalue weighted by Crippen LogP contribution is 2.31. The Hall–Kier alpha value is -1.73. The summed E-state index contributed by atoms with van der Waals surface area (Å²) < 4.78 is 31.5. The van der Waals surface area contributed by atoms with Gasteiger partial charge in [0.15, 0.2) is 11.6 Å². The van der Waals surface area contributed by atoms with E-state index < -0.39 is 17.7 Å². The summed E-state index contributed by atoms with van der Waals surface area (Å²) >= 11 is 0. The number of benzene rings is 1. The zero-order valence-electron chi connectivity index (χ0n) is 18.3. The van der Waals surface area contributed by atoms with Crippen LogP contribution in [0.2, 0.25) is 0 Å². The molecule has 1 aromatic rings. The van der Waals surface area contributed by atoms with Crippen molar-refractivity contribution in [1.82, 2.24) is 9.80 Å². The predicted molar refractivity (Wildman–Crippen MR) is 114 cm³/mol. The lowest BCUT2D eigenvalue weighted by molar-refractivity contribution is 0.123. The Kier molecular flexibility index (Phi) is 10.5. The van der Waals surface area contributed by atoms with Crippen molar-refractivity contribution in [3.63, 3.8) is 0 Å². The molecule has 0 saturated heterocycles. The van der Waals surface area contributed by atoms with Crippen molar-refractivity contribution < 1.29 is 23.4 Å². The molecule has 0 aliphatic heterocycles. The Morgan fingerprint density at radius 3 is 2.47 bits per heavy atom. The number of aliphatic hydroxyl groups is 1. The van der Waals surface area contributed by atoms with Gasteiger partial charge >= 0.3 is 6.09 Å². The number of likely N-dealkylation sites (N-methyl/N-ethyl adjacent to an activating group) is 1. The highest BCUT2D eigenvalue weighted by Gasteiger charge is 2.27. The van der Waals surface area contributed by atoms with E-state index in [4.69, 9.17) is 9.84 Å². The molecule has 0 spiro atoms. The summed E-state index contributed by atoms with van der Waals surface area (Å²) in [5.74, 6) is -1.27. The molecular formula is C23H36F2N2O3. The maximum atomic E-state index is 13.3. The highest BCUT2D eigenvalue weighted by atomic mass is 19.2. The van der Waals surface area contributed by atoms with Crippen LogP contribution in [0.4, 0.5) is 13.6 Å². The van der Waals surface area contributed by atoms with Crippen LogP contribution in [0.5, 0.6) is 5.75 Å². The fourth-order valence-electron chi connectivity index (χ4n) is 4.20. The second-order valence-corrected chi connectivity index (χ2v) is 8.24. The lowest BCUT2D eigenvalue weighted by atomic mass is 9.82. The van der Waals surface area contributed by atoms with Crippen LogP contribution < -0.4 is 4.74 Å². The van der Waals surface area contributed by atoms with E-state index in [-0.39, 0.29) is 18.4 Å². The van der Waals surface area contributed by atoms with Gasteiger partial charge < -0.3 is 19.6 Å². The van der Waals surface area contributed by atoms with Gasteiger partial charge in [0.1, 0.15) is 5.75 Å². The molecule has 0 radical (unpaired) electrons. The number of carbonyl (C=O) groups excluding carboxylic acids is 1. The van der Waals surface area contributed by atoms with Crippen LogP contribution in [0.25, 0.3) is 0 Å². The Bertz CT molecular complexity index is 651. The van der Waals surface area contributed by atoms with Crippen LogP contribution in [0, 0.1) is 17.6 Å². The Labute approximate surface area is 179 Å². The monoisotopic (exact) mass is 426 g/mol. The molecule has 1 aliphatic rings. The zero-order chi connectivity index (χ0) is 21.9. The van der Waals surface area contributed by atoms with Gasteiger partial charge in [0.2, 0.25) is 0 Å². The third-order valence-electron chi connectivity index (χ3n) is 6.20. The van der Waals surface area contributed by atoms with Gasteiger partial charge in [0, 0.05) is 25.7 Å². The largest absolute Gasteiger partial charge is 0.415 e. The van der Waals surface area contributed by atoms with Gasteiger partial charge in [0.25, 0.3) is 0 Å². The van der Waals surface area contributed by atoms with Crippen molar-refractivity contribution in [3.8, 4) is 5.75 Å². The standard InChI is InChI=1S/C23H36F2N2O3/c1-3-27(15-16-28)14-6-4-5-7-18-8-10-19(11-9-18)26(2)23(29)30-20-12-13-21(24)22(25)17-20/h12-13,17-19,28H,3-11,14-16H2,1-2H3/t18-,19-. The summed E-state index contributed by atoms with van der Waals surface area (Å²) in [6.07, 6.45) is 8.36. The topological polar surface area (TPSA) is 53.0 Å². The highest BCUT2D eigenvalue weighted by molar-refractivity contribution is 5.70. The number of unbranched alkanes of at least 4 members (excludes halogenated alkanes) is 2. The molecule has 0 aromatic heterocycles. The minimum absolute atomic E-state index is 0.0139. The van der Waals surface area contributed by atoms with Crippen molar-refractivity contribution >= 4 is 6.09 Å². The molecule has 1 aromatic carbocycles. The minimum atomic E-state index is -1.03. The quantitative estimate of drug-likeness (QED) is 0.515. The molecule has 1 saturated carbocycles. The number of carbonyl (C=O) groups is 1. The molecule has 170 valence electrons. The smallest absolute Gasteiger partial charge is 0.410 e. The molecule has 1 aliphatic carbocycles. The van der Waals surface area contributed by atoms with Gasteiger partial charge in [-0.05, 0) is 63.2 Å². The van der Waals surface area contributed by atoms with Crippen LogP contribution in [0.15, 0.2) is 18.2 Å². The summed E-state index contributed by atoms with van der Waals surface area (Å²) in [5, 5.41) is 9.03. The summed E-state index contributed by atoms with van der Waals surface area (Å²) in [7, 11) is 1.71. The van der Waals surface area contributed by atoms with Gasteiger partial charge in [-0.25, -0.2) is 13.6 Å². The van der Waals surface area contributed by atoms with Crippen LogP contribution in [0.1, 0.15) is 58.3 Å². The summed E-state index contributed by atoms with van der Waals surface area (Å²) in [6, 6.07) is 3.22. The second-order valence-electron chi connectivity index (χ2n) is 8.24. The molecule has 2 rings (SSSR count). The fourth-order valence-corrected chi connectivity index (χ4v) is 4.20. The first-order valence-corrected chi connectivity index (χ1v) is 11.2. The van der Waals surface area contributed by atoms with Crippen molar-refractivity contribution in [3.05, 3.63) is 29.8 Å². The molecule has 0 unspecified atom stereocenters. The fraction of sp³-hybridized carbons (Fsp3) is 0.696. The van der Waals surface area contributed by atoms with Gasteiger partial charge in [-0.15, -0.1) is 0 Å². The SMILES string of the molecule is CCN(CCO)CCCCC[C@H]1CC[C@H](N(C)C(=O)Oc2ccc(F)c(F)c2)CC1. The molecule has 1 N–H and O–H groups in total.